The van der Waals surface area contributed by atoms with Gasteiger partial charge in [-0.05, 0) is 101 Å². The fraction of sp³-hybridized carbons (Fsp3) is 1.00. The summed E-state index contributed by atoms with van der Waals surface area (Å²) >= 11 is 0. The van der Waals surface area contributed by atoms with E-state index in [2.05, 4.69) is 4.90 Å². The van der Waals surface area contributed by atoms with E-state index in [-0.39, 0.29) is 0 Å². The molecule has 1 atom stereocenters. The minimum Gasteiger partial charge on any atom is -0.330 e. The van der Waals surface area contributed by atoms with Crippen LogP contribution in [0.4, 0.5) is 0 Å². The molecule has 108 valence electrons. The van der Waals surface area contributed by atoms with Crippen molar-refractivity contribution in [3.8, 4) is 0 Å². The van der Waals surface area contributed by atoms with Gasteiger partial charge in [0.25, 0.3) is 0 Å². The van der Waals surface area contributed by atoms with Crippen molar-refractivity contribution in [2.45, 2.75) is 63.8 Å². The maximum Gasteiger partial charge on any atom is 0.0152 e. The topological polar surface area (TPSA) is 29.3 Å². The summed E-state index contributed by atoms with van der Waals surface area (Å²) in [7, 11) is 0. The van der Waals surface area contributed by atoms with E-state index in [1.165, 1.54) is 32.4 Å². The molecule has 19 heavy (non-hydrogen) atoms. The lowest BCUT2D eigenvalue weighted by atomic mass is 9.47. The Bertz CT molecular complexity index is 303. The minimum absolute atomic E-state index is 0.736. The van der Waals surface area contributed by atoms with Crippen LogP contribution in [0.25, 0.3) is 0 Å². The van der Waals surface area contributed by atoms with E-state index in [1.807, 2.05) is 0 Å². The number of nitrogens with two attached hydrogens (primary N) is 1. The Morgan fingerprint density at radius 1 is 1.00 bits per heavy atom. The van der Waals surface area contributed by atoms with Gasteiger partial charge < -0.3 is 5.73 Å². The number of likely N-dealkylation sites (tertiary alicyclic amines) is 1. The Morgan fingerprint density at radius 2 is 1.63 bits per heavy atom. The van der Waals surface area contributed by atoms with Gasteiger partial charge in [0.1, 0.15) is 0 Å². The molecular weight excluding hydrogens is 232 g/mol. The first-order chi connectivity index (χ1) is 9.29. The van der Waals surface area contributed by atoms with Crippen molar-refractivity contribution >= 4 is 0 Å². The third kappa shape index (κ3) is 2.06. The van der Waals surface area contributed by atoms with Crippen LogP contribution in [0.3, 0.4) is 0 Å². The summed E-state index contributed by atoms with van der Waals surface area (Å²) in [4.78, 5) is 2.83. The molecule has 2 N–H and O–H groups in total. The second-order valence-corrected chi connectivity index (χ2v) is 8.12. The maximum absolute atomic E-state index is 5.73. The molecule has 0 aromatic heterocycles. The Balaban J connectivity index is 1.54. The van der Waals surface area contributed by atoms with Crippen LogP contribution in [0.2, 0.25) is 0 Å². The van der Waals surface area contributed by atoms with Gasteiger partial charge in [0, 0.05) is 6.04 Å². The van der Waals surface area contributed by atoms with Crippen LogP contribution in [0.15, 0.2) is 0 Å². The zero-order valence-corrected chi connectivity index (χ0v) is 12.3. The number of nitrogens with zero attached hydrogens (tertiary/aromatic N) is 1. The van der Waals surface area contributed by atoms with E-state index in [4.69, 9.17) is 5.73 Å². The second kappa shape index (κ2) is 4.73. The van der Waals surface area contributed by atoms with Gasteiger partial charge >= 0.3 is 0 Å². The highest BCUT2D eigenvalue weighted by Gasteiger charge is 2.55. The summed E-state index contributed by atoms with van der Waals surface area (Å²) in [6, 6.07) is 0.924. The van der Waals surface area contributed by atoms with Crippen LogP contribution in [0.1, 0.15) is 57.8 Å². The molecule has 0 radical (unpaired) electrons. The fourth-order valence-electron chi connectivity index (χ4n) is 6.67. The summed E-state index contributed by atoms with van der Waals surface area (Å²) in [5.41, 5.74) is 6.47. The lowest BCUT2D eigenvalue weighted by Crippen LogP contribution is -2.55. The molecule has 4 aliphatic carbocycles. The second-order valence-electron chi connectivity index (χ2n) is 8.12. The molecule has 1 aliphatic heterocycles. The molecule has 5 fully saturated rings. The van der Waals surface area contributed by atoms with Crippen molar-refractivity contribution in [2.24, 2.45) is 28.9 Å². The molecule has 1 unspecified atom stereocenters. The number of hydrogen-bond acceptors (Lipinski definition) is 2. The fourth-order valence-corrected chi connectivity index (χ4v) is 6.67. The van der Waals surface area contributed by atoms with E-state index >= 15 is 0 Å². The van der Waals surface area contributed by atoms with Crippen molar-refractivity contribution in [1.82, 2.24) is 4.90 Å². The van der Waals surface area contributed by atoms with Gasteiger partial charge in [-0.25, -0.2) is 0 Å². The molecule has 0 aromatic rings. The maximum atomic E-state index is 5.73. The Morgan fingerprint density at radius 3 is 2.21 bits per heavy atom. The highest BCUT2D eigenvalue weighted by atomic mass is 15.2. The summed E-state index contributed by atoms with van der Waals surface area (Å²) in [6.45, 7) is 3.49. The molecule has 1 saturated heterocycles. The monoisotopic (exact) mass is 262 g/mol. The van der Waals surface area contributed by atoms with Gasteiger partial charge in [0.15, 0.2) is 0 Å². The van der Waals surface area contributed by atoms with E-state index < -0.39 is 0 Å². The SMILES string of the molecule is NCCCN1CCCC1C12CC3CC(CC(C3)C1)C2. The van der Waals surface area contributed by atoms with E-state index in [1.54, 1.807) is 38.5 Å². The largest absolute Gasteiger partial charge is 0.330 e. The molecule has 2 heteroatoms. The van der Waals surface area contributed by atoms with Gasteiger partial charge in [-0.2, -0.15) is 0 Å². The molecule has 0 aromatic carbocycles. The summed E-state index contributed by atoms with van der Waals surface area (Å²) in [6.07, 6.45) is 13.6. The van der Waals surface area contributed by atoms with Crippen molar-refractivity contribution < 1.29 is 0 Å². The van der Waals surface area contributed by atoms with Gasteiger partial charge in [0.05, 0.1) is 0 Å². The highest BCUT2D eigenvalue weighted by Crippen LogP contribution is 2.63. The normalized spacial score (nSPS) is 49.1. The van der Waals surface area contributed by atoms with E-state index in [0.29, 0.717) is 0 Å². The highest BCUT2D eigenvalue weighted by molar-refractivity contribution is 5.07. The van der Waals surface area contributed by atoms with Gasteiger partial charge in [-0.1, -0.05) is 0 Å². The Hall–Kier alpha value is -0.0800. The first kappa shape index (κ1) is 12.6. The van der Waals surface area contributed by atoms with Crippen molar-refractivity contribution in [1.29, 1.82) is 0 Å². The molecule has 5 aliphatic rings. The molecular formula is C17H30N2. The zero-order valence-electron chi connectivity index (χ0n) is 12.3. The van der Waals surface area contributed by atoms with Crippen molar-refractivity contribution in [3.63, 3.8) is 0 Å². The number of hydrogen-bond donors (Lipinski definition) is 1. The molecule has 4 saturated carbocycles. The van der Waals surface area contributed by atoms with Crippen LogP contribution in [-0.4, -0.2) is 30.6 Å². The van der Waals surface area contributed by atoms with E-state index in [9.17, 15) is 0 Å². The summed E-state index contributed by atoms with van der Waals surface area (Å²) in [5.74, 6) is 3.30. The first-order valence-corrected chi connectivity index (χ1v) is 8.73. The smallest absolute Gasteiger partial charge is 0.0152 e. The summed E-state index contributed by atoms with van der Waals surface area (Å²) < 4.78 is 0. The average molecular weight is 262 g/mol. The molecule has 5 rings (SSSR count). The standard InChI is InChI=1S/C17H30N2/c18-4-2-6-19-5-1-3-16(19)17-10-13-7-14(11-17)9-15(8-13)12-17/h13-16H,1-12,18H2. The summed E-state index contributed by atoms with van der Waals surface area (Å²) in [5, 5.41) is 0. The van der Waals surface area contributed by atoms with Crippen LogP contribution >= 0.6 is 0 Å². The Kier molecular flexibility index (Phi) is 3.15. The molecule has 1 heterocycles. The van der Waals surface area contributed by atoms with Crippen LogP contribution < -0.4 is 5.73 Å². The quantitative estimate of drug-likeness (QED) is 0.844. The van der Waals surface area contributed by atoms with Crippen LogP contribution in [0, 0.1) is 23.2 Å². The lowest BCUT2D eigenvalue weighted by molar-refractivity contribution is -0.0927. The van der Waals surface area contributed by atoms with Crippen molar-refractivity contribution in [2.75, 3.05) is 19.6 Å². The first-order valence-electron chi connectivity index (χ1n) is 8.73. The van der Waals surface area contributed by atoms with Gasteiger partial charge in [-0.15, -0.1) is 0 Å². The Labute approximate surface area is 118 Å². The third-order valence-electron chi connectivity index (χ3n) is 6.81. The van der Waals surface area contributed by atoms with Gasteiger partial charge in [0.2, 0.25) is 0 Å². The van der Waals surface area contributed by atoms with Gasteiger partial charge in [-0.3, -0.25) is 4.90 Å². The predicted molar refractivity (Wildman–Crippen MR) is 78.9 cm³/mol. The van der Waals surface area contributed by atoms with Crippen LogP contribution in [-0.2, 0) is 0 Å². The van der Waals surface area contributed by atoms with Crippen LogP contribution in [0.5, 0.6) is 0 Å². The molecule has 4 bridgehead atoms. The predicted octanol–water partition coefficient (Wildman–Crippen LogP) is 3.02. The van der Waals surface area contributed by atoms with E-state index in [0.717, 1.165) is 35.8 Å². The van der Waals surface area contributed by atoms with Crippen molar-refractivity contribution in [3.05, 3.63) is 0 Å². The molecule has 0 spiro atoms. The molecule has 2 nitrogen and oxygen atoms in total. The molecule has 0 amide bonds. The zero-order chi connectivity index (χ0) is 12.9. The average Bonchev–Trinajstić information content (AvgIpc) is 2.83. The minimum atomic E-state index is 0.736. The lowest BCUT2D eigenvalue weighted by Gasteiger charge is -2.60. The third-order valence-corrected chi connectivity index (χ3v) is 6.81. The number of rotatable bonds is 4.